The molecule has 2 unspecified atom stereocenters. The van der Waals surface area contributed by atoms with Crippen LogP contribution in [-0.4, -0.2) is 60.6 Å². The third-order valence-corrected chi connectivity index (χ3v) is 5.69. The molecule has 1 N–H and O–H groups in total. The number of nitrogens with zero attached hydrogens (tertiary/aromatic N) is 1. The minimum absolute atomic E-state index is 0.126. The van der Waals surface area contributed by atoms with Crippen LogP contribution < -0.4 is 5.32 Å². The SMILES string of the molecule is CCOC(=O)C1CSCCN1C(=O)C1(C(C)C)CCNC1. The number of rotatable bonds is 4. The maximum atomic E-state index is 13.2. The number of hydrogen-bond donors (Lipinski definition) is 1. The fourth-order valence-corrected chi connectivity index (χ4v) is 4.23. The molecule has 2 heterocycles. The van der Waals surface area contributed by atoms with E-state index >= 15 is 0 Å². The van der Waals surface area contributed by atoms with Gasteiger partial charge in [0.25, 0.3) is 0 Å². The van der Waals surface area contributed by atoms with Gasteiger partial charge in [-0.2, -0.15) is 11.8 Å². The van der Waals surface area contributed by atoms with E-state index < -0.39 is 6.04 Å². The normalized spacial score (nSPS) is 29.7. The molecule has 0 bridgehead atoms. The quantitative estimate of drug-likeness (QED) is 0.788. The molecule has 0 radical (unpaired) electrons. The van der Waals surface area contributed by atoms with Gasteiger partial charge < -0.3 is 15.0 Å². The van der Waals surface area contributed by atoms with Crippen LogP contribution in [0.3, 0.4) is 0 Å². The van der Waals surface area contributed by atoms with E-state index in [9.17, 15) is 9.59 Å². The van der Waals surface area contributed by atoms with Gasteiger partial charge in [-0.15, -0.1) is 0 Å². The first kappa shape index (κ1) is 16.6. The Bertz CT molecular complexity index is 394. The minimum Gasteiger partial charge on any atom is -0.464 e. The Morgan fingerprint density at radius 2 is 2.24 bits per heavy atom. The summed E-state index contributed by atoms with van der Waals surface area (Å²) in [6.07, 6.45) is 0.850. The van der Waals surface area contributed by atoms with Gasteiger partial charge in [0.05, 0.1) is 12.0 Å². The van der Waals surface area contributed by atoms with E-state index in [1.54, 1.807) is 23.6 Å². The maximum Gasteiger partial charge on any atom is 0.329 e. The van der Waals surface area contributed by atoms with Gasteiger partial charge in [0.1, 0.15) is 6.04 Å². The first-order valence-electron chi connectivity index (χ1n) is 7.79. The summed E-state index contributed by atoms with van der Waals surface area (Å²) in [5.74, 6) is 1.66. The van der Waals surface area contributed by atoms with Gasteiger partial charge >= 0.3 is 5.97 Å². The number of carbonyl (C=O) groups is 2. The average Bonchev–Trinajstić information content (AvgIpc) is 2.97. The van der Waals surface area contributed by atoms with E-state index in [1.807, 2.05) is 0 Å². The Labute approximate surface area is 131 Å². The molecule has 0 aliphatic carbocycles. The van der Waals surface area contributed by atoms with Gasteiger partial charge in [-0.1, -0.05) is 13.8 Å². The molecule has 0 spiro atoms. The molecule has 0 saturated carbocycles. The smallest absolute Gasteiger partial charge is 0.329 e. The number of amides is 1. The van der Waals surface area contributed by atoms with Crippen molar-refractivity contribution in [3.63, 3.8) is 0 Å². The Morgan fingerprint density at radius 3 is 2.81 bits per heavy atom. The third kappa shape index (κ3) is 3.21. The van der Waals surface area contributed by atoms with Crippen LogP contribution in [0.2, 0.25) is 0 Å². The molecule has 21 heavy (non-hydrogen) atoms. The van der Waals surface area contributed by atoms with Crippen LogP contribution in [0.4, 0.5) is 0 Å². The second-order valence-corrected chi connectivity index (χ2v) is 7.23. The zero-order valence-electron chi connectivity index (χ0n) is 13.2. The minimum atomic E-state index is -0.424. The lowest BCUT2D eigenvalue weighted by molar-refractivity contribution is -0.158. The number of carbonyl (C=O) groups excluding carboxylic acids is 2. The molecule has 2 aliphatic heterocycles. The molecule has 2 atom stereocenters. The first-order chi connectivity index (χ1) is 10.0. The second kappa shape index (κ2) is 7.01. The zero-order valence-corrected chi connectivity index (χ0v) is 14.0. The molecule has 2 saturated heterocycles. The van der Waals surface area contributed by atoms with Crippen LogP contribution in [0.15, 0.2) is 0 Å². The summed E-state index contributed by atoms with van der Waals surface area (Å²) < 4.78 is 5.16. The maximum absolute atomic E-state index is 13.2. The van der Waals surface area contributed by atoms with Gasteiger partial charge in [0.2, 0.25) is 5.91 Å². The number of esters is 1. The van der Waals surface area contributed by atoms with E-state index in [0.717, 1.165) is 18.7 Å². The van der Waals surface area contributed by atoms with Crippen molar-refractivity contribution in [2.45, 2.75) is 33.2 Å². The van der Waals surface area contributed by atoms with Crippen LogP contribution in [-0.2, 0) is 14.3 Å². The van der Waals surface area contributed by atoms with Gasteiger partial charge in [-0.25, -0.2) is 4.79 Å². The summed E-state index contributed by atoms with van der Waals surface area (Å²) in [6, 6.07) is -0.424. The van der Waals surface area contributed by atoms with Crippen molar-refractivity contribution in [2.75, 3.05) is 37.7 Å². The monoisotopic (exact) mass is 314 g/mol. The van der Waals surface area contributed by atoms with Crippen LogP contribution >= 0.6 is 11.8 Å². The molecule has 1 amide bonds. The average molecular weight is 314 g/mol. The summed E-state index contributed by atoms with van der Waals surface area (Å²) in [4.78, 5) is 27.1. The van der Waals surface area contributed by atoms with Crippen molar-refractivity contribution in [1.82, 2.24) is 10.2 Å². The van der Waals surface area contributed by atoms with Crippen LogP contribution in [0.5, 0.6) is 0 Å². The van der Waals surface area contributed by atoms with E-state index in [0.29, 0.717) is 25.4 Å². The molecular weight excluding hydrogens is 288 g/mol. The van der Waals surface area contributed by atoms with Gasteiger partial charge in [0.15, 0.2) is 0 Å². The van der Waals surface area contributed by atoms with E-state index in [1.165, 1.54) is 0 Å². The highest BCUT2D eigenvalue weighted by Gasteiger charge is 2.48. The standard InChI is InChI=1S/C15H26N2O3S/c1-4-20-13(18)12-9-21-8-7-17(12)14(19)15(11(2)3)5-6-16-10-15/h11-12,16H,4-10H2,1-3H3. The zero-order chi connectivity index (χ0) is 15.5. The van der Waals surface area contributed by atoms with E-state index in [4.69, 9.17) is 4.74 Å². The van der Waals surface area contributed by atoms with Gasteiger partial charge in [-0.05, 0) is 25.8 Å². The topological polar surface area (TPSA) is 58.6 Å². The number of nitrogens with one attached hydrogen (secondary N) is 1. The molecule has 0 aromatic heterocycles. The lowest BCUT2D eigenvalue weighted by atomic mass is 9.75. The van der Waals surface area contributed by atoms with Crippen LogP contribution in [0, 0.1) is 11.3 Å². The molecule has 2 fully saturated rings. The molecule has 6 heteroatoms. The van der Waals surface area contributed by atoms with Crippen molar-refractivity contribution in [3.8, 4) is 0 Å². The van der Waals surface area contributed by atoms with Crippen molar-refractivity contribution in [2.24, 2.45) is 11.3 Å². The van der Waals surface area contributed by atoms with Gasteiger partial charge in [-0.3, -0.25) is 4.79 Å². The predicted octanol–water partition coefficient (Wildman–Crippen LogP) is 1.13. The predicted molar refractivity (Wildman–Crippen MR) is 84.2 cm³/mol. The Kier molecular flexibility index (Phi) is 5.54. The molecule has 2 rings (SSSR count). The Balaban J connectivity index is 2.20. The summed E-state index contributed by atoms with van der Waals surface area (Å²) >= 11 is 1.72. The van der Waals surface area contributed by atoms with Gasteiger partial charge in [0, 0.05) is 24.6 Å². The third-order valence-electron chi connectivity index (χ3n) is 4.67. The number of hydrogen-bond acceptors (Lipinski definition) is 5. The summed E-state index contributed by atoms with van der Waals surface area (Å²) in [6.45, 7) is 8.59. The molecule has 0 aromatic carbocycles. The second-order valence-electron chi connectivity index (χ2n) is 6.08. The number of thioether (sulfide) groups is 1. The first-order valence-corrected chi connectivity index (χ1v) is 8.94. The largest absolute Gasteiger partial charge is 0.464 e. The summed E-state index contributed by atoms with van der Waals surface area (Å²) in [5.41, 5.74) is -0.368. The van der Waals surface area contributed by atoms with Crippen LogP contribution in [0.25, 0.3) is 0 Å². The molecule has 120 valence electrons. The fraction of sp³-hybridized carbons (Fsp3) is 0.867. The number of ether oxygens (including phenoxy) is 1. The molecule has 5 nitrogen and oxygen atoms in total. The van der Waals surface area contributed by atoms with E-state index in [-0.39, 0.29) is 23.2 Å². The lowest BCUT2D eigenvalue weighted by Gasteiger charge is -2.41. The van der Waals surface area contributed by atoms with Crippen molar-refractivity contribution < 1.29 is 14.3 Å². The highest BCUT2D eigenvalue weighted by molar-refractivity contribution is 7.99. The summed E-state index contributed by atoms with van der Waals surface area (Å²) in [7, 11) is 0. The van der Waals surface area contributed by atoms with E-state index in [2.05, 4.69) is 19.2 Å². The van der Waals surface area contributed by atoms with Crippen molar-refractivity contribution in [1.29, 1.82) is 0 Å². The fourth-order valence-electron chi connectivity index (χ4n) is 3.20. The Hall–Kier alpha value is -0.750. The van der Waals surface area contributed by atoms with Crippen molar-refractivity contribution >= 4 is 23.6 Å². The summed E-state index contributed by atoms with van der Waals surface area (Å²) in [5, 5.41) is 3.31. The van der Waals surface area contributed by atoms with Crippen LogP contribution in [0.1, 0.15) is 27.2 Å². The molecule has 2 aliphatic rings. The van der Waals surface area contributed by atoms with Crippen molar-refractivity contribution in [3.05, 3.63) is 0 Å². The molecule has 0 aromatic rings. The molecular formula is C15H26N2O3S. The highest BCUT2D eigenvalue weighted by atomic mass is 32.2. The lowest BCUT2D eigenvalue weighted by Crippen LogP contribution is -2.57. The Morgan fingerprint density at radius 1 is 1.48 bits per heavy atom. The highest BCUT2D eigenvalue weighted by Crippen LogP contribution is 2.37.